The van der Waals surface area contributed by atoms with Gasteiger partial charge in [-0.2, -0.15) is 0 Å². The third-order valence-corrected chi connectivity index (χ3v) is 3.16. The Labute approximate surface area is 116 Å². The number of carbonyl (C=O) groups is 1. The van der Waals surface area contributed by atoms with Crippen molar-refractivity contribution in [3.05, 3.63) is 40.7 Å². The van der Waals surface area contributed by atoms with Gasteiger partial charge in [-0.05, 0) is 0 Å². The third kappa shape index (κ3) is 3.27. The second kappa shape index (κ2) is 5.91. The van der Waals surface area contributed by atoms with E-state index in [1.54, 1.807) is 5.38 Å². The number of benzene rings is 1. The van der Waals surface area contributed by atoms with Crippen molar-refractivity contribution in [3.63, 3.8) is 0 Å². The quantitative estimate of drug-likeness (QED) is 0.697. The molecule has 0 atom stereocenters. The summed E-state index contributed by atoms with van der Waals surface area (Å²) in [5.41, 5.74) is 0.204. The molecule has 1 aromatic carbocycles. The molecule has 106 valence electrons. The number of hydrogen-bond acceptors (Lipinski definition) is 5. The highest BCUT2D eigenvalue weighted by Gasteiger charge is 2.12. The minimum atomic E-state index is -1.27. The van der Waals surface area contributed by atoms with E-state index in [1.165, 1.54) is 7.11 Å². The number of carbonyl (C=O) groups excluding carboxylic acids is 1. The molecule has 1 aromatic heterocycles. The average Bonchev–Trinajstić information content (AvgIpc) is 2.83. The summed E-state index contributed by atoms with van der Waals surface area (Å²) in [6, 6.07) is 1.15. The number of anilines is 2. The average molecular weight is 302 g/mol. The summed E-state index contributed by atoms with van der Waals surface area (Å²) in [7, 11) is 1.25. The van der Waals surface area contributed by atoms with Crippen LogP contribution in [0.2, 0.25) is 0 Å². The molecular weight excluding hydrogens is 293 g/mol. The lowest BCUT2D eigenvalue weighted by Crippen LogP contribution is -2.04. The Balaban J connectivity index is 2.14. The van der Waals surface area contributed by atoms with Crippen molar-refractivity contribution in [1.82, 2.24) is 4.98 Å². The fourth-order valence-electron chi connectivity index (χ4n) is 1.40. The molecule has 4 nitrogen and oxygen atoms in total. The fraction of sp³-hybridized carbons (Fsp3) is 0.167. The predicted molar refractivity (Wildman–Crippen MR) is 67.4 cm³/mol. The summed E-state index contributed by atoms with van der Waals surface area (Å²) < 4.78 is 43.7. The Hall–Kier alpha value is -2.09. The molecule has 0 amide bonds. The van der Waals surface area contributed by atoms with Gasteiger partial charge in [0.25, 0.3) is 0 Å². The van der Waals surface area contributed by atoms with Gasteiger partial charge in [0, 0.05) is 17.5 Å². The van der Waals surface area contributed by atoms with Gasteiger partial charge in [-0.25, -0.2) is 18.2 Å². The number of thiazole rings is 1. The molecule has 0 aliphatic carbocycles. The molecule has 0 unspecified atom stereocenters. The number of methoxy groups -OCH3 is 1. The van der Waals surface area contributed by atoms with Gasteiger partial charge in [0.15, 0.2) is 16.8 Å². The highest BCUT2D eigenvalue weighted by molar-refractivity contribution is 7.13. The van der Waals surface area contributed by atoms with Crippen LogP contribution in [0.5, 0.6) is 0 Å². The fourth-order valence-corrected chi connectivity index (χ4v) is 2.12. The molecule has 0 saturated heterocycles. The molecule has 0 saturated carbocycles. The maximum atomic E-state index is 13.4. The van der Waals surface area contributed by atoms with E-state index < -0.39 is 23.4 Å². The Bertz CT molecular complexity index is 646. The summed E-state index contributed by atoms with van der Waals surface area (Å²) >= 11 is 1.10. The number of hydrogen-bond donors (Lipinski definition) is 1. The van der Waals surface area contributed by atoms with E-state index in [9.17, 15) is 18.0 Å². The first-order valence-electron chi connectivity index (χ1n) is 5.42. The first kappa shape index (κ1) is 14.3. The highest BCUT2D eigenvalue weighted by Crippen LogP contribution is 2.25. The number of esters is 1. The van der Waals surface area contributed by atoms with Crippen LogP contribution < -0.4 is 5.32 Å². The van der Waals surface area contributed by atoms with Gasteiger partial charge >= 0.3 is 5.97 Å². The third-order valence-electron chi connectivity index (χ3n) is 2.36. The highest BCUT2D eigenvalue weighted by atomic mass is 32.1. The number of rotatable bonds is 4. The minimum absolute atomic E-state index is 0.0189. The molecular formula is C12H9F3N2O2S. The van der Waals surface area contributed by atoms with Gasteiger partial charge in [-0.15, -0.1) is 11.3 Å². The first-order chi connectivity index (χ1) is 9.49. The van der Waals surface area contributed by atoms with E-state index in [0.29, 0.717) is 17.8 Å². The zero-order chi connectivity index (χ0) is 14.7. The molecule has 0 bridgehead atoms. The van der Waals surface area contributed by atoms with E-state index in [2.05, 4.69) is 15.0 Å². The van der Waals surface area contributed by atoms with Gasteiger partial charge in [0.2, 0.25) is 0 Å². The van der Waals surface area contributed by atoms with Gasteiger partial charge in [0.1, 0.15) is 5.82 Å². The monoisotopic (exact) mass is 302 g/mol. The number of aromatic nitrogens is 1. The Morgan fingerprint density at radius 3 is 2.70 bits per heavy atom. The van der Waals surface area contributed by atoms with Crippen molar-refractivity contribution in [2.45, 2.75) is 6.42 Å². The number of nitrogens with one attached hydrogen (secondary N) is 1. The minimum Gasteiger partial charge on any atom is -0.469 e. The van der Waals surface area contributed by atoms with Crippen molar-refractivity contribution in [2.24, 2.45) is 0 Å². The lowest BCUT2D eigenvalue weighted by Gasteiger charge is -2.04. The molecule has 0 aliphatic heterocycles. The maximum Gasteiger partial charge on any atom is 0.311 e. The van der Waals surface area contributed by atoms with Crippen LogP contribution in [0.1, 0.15) is 5.69 Å². The number of nitrogens with zero attached hydrogens (tertiary/aromatic N) is 1. The first-order valence-corrected chi connectivity index (χ1v) is 6.30. The maximum absolute atomic E-state index is 13.4. The summed E-state index contributed by atoms with van der Waals surface area (Å²) in [5.74, 6) is -3.83. The Morgan fingerprint density at radius 2 is 2.00 bits per heavy atom. The van der Waals surface area contributed by atoms with Crippen LogP contribution in [0, 0.1) is 17.5 Å². The van der Waals surface area contributed by atoms with Crippen LogP contribution in [0.3, 0.4) is 0 Å². The lowest BCUT2D eigenvalue weighted by molar-refractivity contribution is -0.139. The predicted octanol–water partition coefficient (Wildman–Crippen LogP) is 3.02. The standard InChI is InChI=1S/C12H9F3N2O2S/c1-19-11(18)2-6-5-20-12(16-6)17-10-4-8(14)7(13)3-9(10)15/h3-5H,2H2,1H3,(H,16,17). The normalized spacial score (nSPS) is 10.4. The Morgan fingerprint density at radius 1 is 1.30 bits per heavy atom. The smallest absolute Gasteiger partial charge is 0.311 e. The molecule has 0 radical (unpaired) electrons. The van der Waals surface area contributed by atoms with Crippen LogP contribution >= 0.6 is 11.3 Å². The molecule has 20 heavy (non-hydrogen) atoms. The van der Waals surface area contributed by atoms with Crippen LogP contribution in [0.4, 0.5) is 24.0 Å². The van der Waals surface area contributed by atoms with Gasteiger partial charge in [0.05, 0.1) is 24.9 Å². The molecule has 0 fully saturated rings. The van der Waals surface area contributed by atoms with Crippen molar-refractivity contribution < 1.29 is 22.7 Å². The second-order valence-corrected chi connectivity index (χ2v) is 4.63. The van der Waals surface area contributed by atoms with Crippen LogP contribution in [-0.4, -0.2) is 18.1 Å². The molecule has 0 spiro atoms. The van der Waals surface area contributed by atoms with E-state index in [4.69, 9.17) is 0 Å². The number of ether oxygens (including phenoxy) is 1. The SMILES string of the molecule is COC(=O)Cc1csc(Nc2cc(F)c(F)cc2F)n1. The van der Waals surface area contributed by atoms with Crippen LogP contribution in [-0.2, 0) is 16.0 Å². The molecule has 0 aliphatic rings. The van der Waals surface area contributed by atoms with Gasteiger partial charge in [-0.1, -0.05) is 0 Å². The largest absolute Gasteiger partial charge is 0.469 e. The molecule has 8 heteroatoms. The van der Waals surface area contributed by atoms with Crippen molar-refractivity contribution >= 4 is 28.1 Å². The topological polar surface area (TPSA) is 51.2 Å². The van der Waals surface area contributed by atoms with Crippen molar-refractivity contribution in [1.29, 1.82) is 0 Å². The number of halogens is 3. The van der Waals surface area contributed by atoms with E-state index in [-0.39, 0.29) is 17.2 Å². The lowest BCUT2D eigenvalue weighted by atomic mass is 10.3. The second-order valence-electron chi connectivity index (χ2n) is 3.77. The van der Waals surface area contributed by atoms with E-state index >= 15 is 0 Å². The van der Waals surface area contributed by atoms with E-state index in [0.717, 1.165) is 11.3 Å². The van der Waals surface area contributed by atoms with Gasteiger partial charge < -0.3 is 10.1 Å². The summed E-state index contributed by atoms with van der Waals surface area (Å²) in [6.07, 6.45) is -0.0189. The summed E-state index contributed by atoms with van der Waals surface area (Å²) in [6.45, 7) is 0. The van der Waals surface area contributed by atoms with Crippen molar-refractivity contribution in [2.75, 3.05) is 12.4 Å². The molecule has 1 heterocycles. The summed E-state index contributed by atoms with van der Waals surface area (Å²) in [5, 5.41) is 4.36. The molecule has 2 rings (SSSR count). The Kier molecular flexibility index (Phi) is 4.23. The van der Waals surface area contributed by atoms with E-state index in [1.807, 2.05) is 0 Å². The molecule has 1 N–H and O–H groups in total. The zero-order valence-electron chi connectivity index (χ0n) is 10.2. The van der Waals surface area contributed by atoms with Crippen LogP contribution in [0.15, 0.2) is 17.5 Å². The van der Waals surface area contributed by atoms with Crippen LogP contribution in [0.25, 0.3) is 0 Å². The van der Waals surface area contributed by atoms with Gasteiger partial charge in [-0.3, -0.25) is 4.79 Å². The molecule has 2 aromatic rings. The zero-order valence-corrected chi connectivity index (χ0v) is 11.1. The van der Waals surface area contributed by atoms with Crippen molar-refractivity contribution in [3.8, 4) is 0 Å². The summed E-state index contributed by atoms with van der Waals surface area (Å²) in [4.78, 5) is 15.1.